The number of carbonyl (C=O) groups excluding carboxylic acids is 1. The van der Waals surface area contributed by atoms with Crippen molar-refractivity contribution in [3.63, 3.8) is 0 Å². The Bertz CT molecular complexity index is 1230. The molecular formula is C26H23BrN2O3S. The number of para-hydroxylation sites is 1. The van der Waals surface area contributed by atoms with Gasteiger partial charge in [-0.1, -0.05) is 24.1 Å². The van der Waals surface area contributed by atoms with Gasteiger partial charge < -0.3 is 14.8 Å². The van der Waals surface area contributed by atoms with E-state index in [1.165, 1.54) is 4.88 Å². The number of hydrogen-bond donors (Lipinski definition) is 1. The van der Waals surface area contributed by atoms with Crippen molar-refractivity contribution in [3.8, 4) is 23.8 Å². The van der Waals surface area contributed by atoms with Crippen LogP contribution in [0.25, 0.3) is 0 Å². The number of nitrogens with zero attached hydrogens (tertiary/aromatic N) is 1. The van der Waals surface area contributed by atoms with Crippen molar-refractivity contribution >= 4 is 50.1 Å². The summed E-state index contributed by atoms with van der Waals surface area (Å²) in [7, 11) is 1.57. The molecule has 7 heteroatoms. The summed E-state index contributed by atoms with van der Waals surface area (Å²) in [5, 5.41) is 3.74. The molecule has 1 aliphatic rings. The number of methoxy groups -OCH3 is 1. The highest BCUT2D eigenvalue weighted by Gasteiger charge is 2.25. The summed E-state index contributed by atoms with van der Waals surface area (Å²) in [6.45, 7) is 0.142. The highest BCUT2D eigenvalue weighted by Crippen LogP contribution is 2.41. The molecule has 1 amide bonds. The predicted molar refractivity (Wildman–Crippen MR) is 138 cm³/mol. The summed E-state index contributed by atoms with van der Waals surface area (Å²) in [5.74, 6) is 3.42. The maximum Gasteiger partial charge on any atom is 0.259 e. The Balaban J connectivity index is 1.67. The van der Waals surface area contributed by atoms with Crippen molar-refractivity contribution in [2.45, 2.75) is 25.7 Å². The van der Waals surface area contributed by atoms with Gasteiger partial charge in [0.1, 0.15) is 11.6 Å². The van der Waals surface area contributed by atoms with E-state index in [-0.39, 0.29) is 12.5 Å². The van der Waals surface area contributed by atoms with E-state index in [0.717, 1.165) is 47.5 Å². The van der Waals surface area contributed by atoms with Gasteiger partial charge in [-0.25, -0.2) is 4.99 Å². The van der Waals surface area contributed by atoms with Crippen LogP contribution in [0.2, 0.25) is 0 Å². The fourth-order valence-electron chi connectivity index (χ4n) is 3.79. The third-order valence-electron chi connectivity index (χ3n) is 5.29. The van der Waals surface area contributed by atoms with E-state index < -0.39 is 0 Å². The lowest BCUT2D eigenvalue weighted by Crippen LogP contribution is -2.14. The Labute approximate surface area is 206 Å². The van der Waals surface area contributed by atoms with Crippen LogP contribution < -0.4 is 14.8 Å². The molecule has 0 aliphatic heterocycles. The molecule has 0 spiro atoms. The van der Waals surface area contributed by atoms with Gasteiger partial charge in [-0.05, 0) is 77.0 Å². The van der Waals surface area contributed by atoms with Gasteiger partial charge in [0.05, 0.1) is 17.1 Å². The molecular weight excluding hydrogens is 500 g/mol. The Morgan fingerprint density at radius 2 is 2.06 bits per heavy atom. The first-order chi connectivity index (χ1) is 16.1. The minimum absolute atomic E-state index is 0.121. The first kappa shape index (κ1) is 23.1. The number of fused-ring (bicyclic) bond motifs is 1. The van der Waals surface area contributed by atoms with Crippen LogP contribution in [-0.2, 0) is 12.8 Å². The van der Waals surface area contributed by atoms with E-state index in [0.29, 0.717) is 21.5 Å². The zero-order valence-corrected chi connectivity index (χ0v) is 20.6. The third-order valence-corrected chi connectivity index (χ3v) is 7.08. The largest absolute Gasteiger partial charge is 0.493 e. The lowest BCUT2D eigenvalue weighted by atomic mass is 9.95. The first-order valence-electron chi connectivity index (χ1n) is 10.6. The first-order valence-corrected chi connectivity index (χ1v) is 12.2. The number of nitrogens with one attached hydrogen (secondary N) is 1. The summed E-state index contributed by atoms with van der Waals surface area (Å²) in [6.07, 6.45) is 11.2. The van der Waals surface area contributed by atoms with Gasteiger partial charge in [0.2, 0.25) is 0 Å². The molecule has 33 heavy (non-hydrogen) atoms. The topological polar surface area (TPSA) is 59.9 Å². The number of carbonyl (C=O) groups is 1. The van der Waals surface area contributed by atoms with E-state index >= 15 is 0 Å². The molecule has 0 saturated heterocycles. The lowest BCUT2D eigenvalue weighted by Gasteiger charge is -2.13. The Kier molecular flexibility index (Phi) is 7.48. The Morgan fingerprint density at radius 3 is 2.82 bits per heavy atom. The van der Waals surface area contributed by atoms with Gasteiger partial charge >= 0.3 is 0 Å². The number of anilines is 1. The number of aliphatic imine (C=N–C) groups is 1. The van der Waals surface area contributed by atoms with Crippen LogP contribution in [-0.4, -0.2) is 25.8 Å². The molecule has 0 bridgehead atoms. The number of hydrogen-bond acceptors (Lipinski definition) is 5. The number of benzene rings is 2. The van der Waals surface area contributed by atoms with Crippen LogP contribution >= 0.6 is 27.3 Å². The van der Waals surface area contributed by atoms with Crippen LogP contribution in [0.15, 0.2) is 51.9 Å². The van der Waals surface area contributed by atoms with Crippen LogP contribution in [0.3, 0.4) is 0 Å². The summed E-state index contributed by atoms with van der Waals surface area (Å²) in [6, 6.07) is 13.2. The molecule has 0 fully saturated rings. The summed E-state index contributed by atoms with van der Waals surface area (Å²) < 4.78 is 11.8. The molecule has 5 nitrogen and oxygen atoms in total. The van der Waals surface area contributed by atoms with Gasteiger partial charge in [0.25, 0.3) is 5.91 Å². The normalized spacial score (nSPS) is 12.8. The number of ether oxygens (including phenoxy) is 2. The number of halogens is 1. The molecule has 4 rings (SSSR count). The van der Waals surface area contributed by atoms with Crippen LogP contribution in [0.5, 0.6) is 11.5 Å². The molecule has 1 N–H and O–H groups in total. The number of thiophene rings is 1. The fourth-order valence-corrected chi connectivity index (χ4v) is 5.60. The van der Waals surface area contributed by atoms with Crippen molar-refractivity contribution in [2.75, 3.05) is 19.0 Å². The molecule has 168 valence electrons. The number of amides is 1. The van der Waals surface area contributed by atoms with Gasteiger partial charge in [-0.2, -0.15) is 0 Å². The molecule has 3 aromatic rings. The molecule has 1 aromatic heterocycles. The van der Waals surface area contributed by atoms with Gasteiger partial charge in [0, 0.05) is 16.8 Å². The maximum absolute atomic E-state index is 13.2. The van der Waals surface area contributed by atoms with Gasteiger partial charge in [-0.3, -0.25) is 4.79 Å². The molecule has 0 radical (unpaired) electrons. The van der Waals surface area contributed by atoms with Crippen molar-refractivity contribution in [3.05, 3.63) is 68.5 Å². The van der Waals surface area contributed by atoms with Crippen molar-refractivity contribution in [1.29, 1.82) is 0 Å². The molecule has 0 atom stereocenters. The highest BCUT2D eigenvalue weighted by atomic mass is 79.9. The molecule has 1 aliphatic carbocycles. The standard InChI is InChI=1S/C26H23BrN2O3S/c1-3-13-32-24-20(27)14-17(15-21(24)31-2)16-28-26-23(19-11-7-8-12-22(19)33-26)25(30)29-18-9-5-4-6-10-18/h1,4-6,9-10,14-16H,7-8,11-13H2,2H3,(H,29,30). The highest BCUT2D eigenvalue weighted by molar-refractivity contribution is 9.10. The van der Waals surface area contributed by atoms with Crippen molar-refractivity contribution in [1.82, 2.24) is 0 Å². The second-order valence-electron chi connectivity index (χ2n) is 7.50. The van der Waals surface area contributed by atoms with Crippen LogP contribution in [0.1, 0.15) is 39.2 Å². The Morgan fingerprint density at radius 1 is 1.27 bits per heavy atom. The summed E-state index contributed by atoms with van der Waals surface area (Å²) >= 11 is 5.12. The second kappa shape index (κ2) is 10.7. The average molecular weight is 523 g/mol. The number of rotatable bonds is 7. The third kappa shape index (κ3) is 5.29. The van der Waals surface area contributed by atoms with Crippen LogP contribution in [0, 0.1) is 12.3 Å². The van der Waals surface area contributed by atoms with Crippen LogP contribution in [0.4, 0.5) is 10.7 Å². The SMILES string of the molecule is C#CCOc1c(Br)cc(C=Nc2sc3c(c2C(=O)Nc2ccccc2)CCCC3)cc1OC. The fraction of sp³-hybridized carbons (Fsp3) is 0.231. The molecule has 2 aromatic carbocycles. The summed E-state index contributed by atoms with van der Waals surface area (Å²) in [4.78, 5) is 19.2. The van der Waals surface area contributed by atoms with Crippen molar-refractivity contribution in [2.24, 2.45) is 4.99 Å². The minimum Gasteiger partial charge on any atom is -0.493 e. The van der Waals surface area contributed by atoms with Gasteiger partial charge in [-0.15, -0.1) is 17.8 Å². The molecule has 1 heterocycles. The zero-order chi connectivity index (χ0) is 23.2. The maximum atomic E-state index is 13.2. The lowest BCUT2D eigenvalue weighted by molar-refractivity contribution is 0.102. The second-order valence-corrected chi connectivity index (χ2v) is 9.43. The average Bonchev–Trinajstić information content (AvgIpc) is 3.21. The minimum atomic E-state index is -0.121. The predicted octanol–water partition coefficient (Wildman–Crippen LogP) is 6.41. The Hall–Kier alpha value is -3.08. The smallest absolute Gasteiger partial charge is 0.259 e. The van der Waals surface area contributed by atoms with E-state index in [1.54, 1.807) is 24.7 Å². The van der Waals surface area contributed by atoms with E-state index in [4.69, 9.17) is 20.9 Å². The molecule has 0 saturated carbocycles. The molecule has 0 unspecified atom stereocenters. The van der Waals surface area contributed by atoms with Crippen molar-refractivity contribution < 1.29 is 14.3 Å². The quantitative estimate of drug-likeness (QED) is 0.288. The summed E-state index contributed by atoms with van der Waals surface area (Å²) in [5.41, 5.74) is 3.38. The number of aryl methyl sites for hydroxylation is 1. The number of terminal acetylenes is 1. The monoisotopic (exact) mass is 522 g/mol. The van der Waals surface area contributed by atoms with E-state index in [9.17, 15) is 4.79 Å². The van der Waals surface area contributed by atoms with Gasteiger partial charge in [0.15, 0.2) is 11.5 Å². The zero-order valence-electron chi connectivity index (χ0n) is 18.2. The van der Waals surface area contributed by atoms with E-state index in [2.05, 4.69) is 27.2 Å². The van der Waals surface area contributed by atoms with E-state index in [1.807, 2.05) is 42.5 Å².